The van der Waals surface area contributed by atoms with E-state index in [9.17, 15) is 0 Å². The number of rotatable bonds is 46. The number of hydrogen-bond donors (Lipinski definition) is 0. The van der Waals surface area contributed by atoms with Crippen molar-refractivity contribution in [3.05, 3.63) is 144 Å². The summed E-state index contributed by atoms with van der Waals surface area (Å²) in [5.74, 6) is 13.4. The van der Waals surface area contributed by atoms with E-state index in [4.69, 9.17) is 0 Å². The van der Waals surface area contributed by atoms with Crippen molar-refractivity contribution in [1.82, 2.24) is 0 Å². The van der Waals surface area contributed by atoms with Gasteiger partial charge in [0, 0.05) is 0 Å². The van der Waals surface area contributed by atoms with Crippen LogP contribution in [0.3, 0.4) is 0 Å². The molecule has 0 aliphatic carbocycles. The zero-order valence-corrected chi connectivity index (χ0v) is 68.0. The van der Waals surface area contributed by atoms with E-state index >= 15 is 0 Å². The molecule has 0 N–H and O–H groups in total. The van der Waals surface area contributed by atoms with Crippen LogP contribution in [-0.4, -0.2) is 0 Å². The molecule has 4 rings (SSSR count). The highest BCUT2D eigenvalue weighted by Gasteiger charge is 2.16. The van der Waals surface area contributed by atoms with E-state index in [1.54, 1.807) is 0 Å². The molecule has 4 aromatic rings. The molecule has 0 bridgehead atoms. The van der Waals surface area contributed by atoms with Gasteiger partial charge in [0.05, 0.1) is 0 Å². The van der Waals surface area contributed by atoms with E-state index in [0.29, 0.717) is 23.7 Å². The van der Waals surface area contributed by atoms with Gasteiger partial charge in [0.1, 0.15) is 0 Å². The van der Waals surface area contributed by atoms with Crippen molar-refractivity contribution >= 4 is 0 Å². The first-order chi connectivity index (χ1) is 44.9. The molecule has 0 saturated heterocycles. The van der Waals surface area contributed by atoms with E-state index in [-0.39, 0.29) is 0 Å². The second-order valence-corrected chi connectivity index (χ2v) is 32.7. The Morgan fingerprint density at radius 2 is 0.330 bits per heavy atom. The lowest BCUT2D eigenvalue weighted by molar-refractivity contribution is 0.383. The van der Waals surface area contributed by atoms with Crippen molar-refractivity contribution in [3.63, 3.8) is 0 Å². The lowest BCUT2D eigenvalue weighted by atomic mass is 9.87. The van der Waals surface area contributed by atoms with Gasteiger partial charge in [0.25, 0.3) is 0 Å². The third kappa shape index (κ3) is 55.8. The lowest BCUT2D eigenvalue weighted by Gasteiger charge is -2.19. The van der Waals surface area contributed by atoms with Crippen molar-refractivity contribution in [2.45, 2.75) is 382 Å². The van der Waals surface area contributed by atoms with Gasteiger partial charge in [-0.2, -0.15) is 0 Å². The van der Waals surface area contributed by atoms with Crippen LogP contribution in [0.15, 0.2) is 121 Å². The molecule has 12 unspecified atom stereocenters. The molecule has 0 saturated carbocycles. The molecule has 0 amide bonds. The monoisotopic (exact) mass is 1300 g/mol. The molecule has 0 aromatic heterocycles. The Balaban J connectivity index is 0. The Bertz CT molecular complexity index is 1950. The molecular weight excluding hydrogens is 1130 g/mol. The smallest absolute Gasteiger partial charge is 0.0188 e. The second kappa shape index (κ2) is 62.2. The topological polar surface area (TPSA) is 0 Å². The summed E-state index contributed by atoms with van der Waals surface area (Å²) in [7, 11) is 0. The molecule has 0 spiro atoms. The normalized spacial score (nSPS) is 15.1. The molecule has 0 fully saturated rings. The quantitative estimate of drug-likeness (QED) is 0.0414. The minimum absolute atomic E-state index is 0.694. The summed E-state index contributed by atoms with van der Waals surface area (Å²) in [6.45, 7) is 55.7. The van der Waals surface area contributed by atoms with Gasteiger partial charge in [-0.05, 0) is 143 Å². The minimum atomic E-state index is 0.694. The van der Waals surface area contributed by atoms with Crippen LogP contribution in [0.25, 0.3) is 0 Å². The van der Waals surface area contributed by atoms with Gasteiger partial charge in [-0.3, -0.25) is 0 Å². The molecule has 0 radical (unpaired) electrons. The second-order valence-electron chi connectivity index (χ2n) is 32.7. The highest BCUT2D eigenvalue weighted by Crippen LogP contribution is 2.31. The van der Waals surface area contributed by atoms with Crippen molar-refractivity contribution < 1.29 is 0 Å². The molecule has 94 heavy (non-hydrogen) atoms. The number of benzene rings is 4. The van der Waals surface area contributed by atoms with Crippen molar-refractivity contribution in [3.8, 4) is 0 Å². The fourth-order valence-corrected chi connectivity index (χ4v) is 13.9. The molecule has 0 aliphatic rings. The Kier molecular flexibility index (Phi) is 61.5. The Labute approximate surface area is 593 Å². The number of hydrogen-bond acceptors (Lipinski definition) is 0. The molecule has 0 heterocycles. The zero-order chi connectivity index (χ0) is 70.9. The lowest BCUT2D eigenvalue weighted by Crippen LogP contribution is -2.04. The molecule has 0 nitrogen and oxygen atoms in total. The van der Waals surface area contributed by atoms with Crippen LogP contribution in [0.2, 0.25) is 0 Å². The predicted molar refractivity (Wildman–Crippen MR) is 433 cm³/mol. The van der Waals surface area contributed by atoms with Gasteiger partial charge in [0.2, 0.25) is 0 Å². The Morgan fingerprint density at radius 3 is 0.521 bits per heavy atom. The average Bonchev–Trinajstić information content (AvgIpc) is 1.79. The van der Waals surface area contributed by atoms with Crippen LogP contribution >= 0.6 is 0 Å². The van der Waals surface area contributed by atoms with Crippen LogP contribution in [0, 0.1) is 71.0 Å². The first kappa shape index (κ1) is 92.9. The van der Waals surface area contributed by atoms with Gasteiger partial charge in [-0.15, -0.1) is 0 Å². The molecule has 0 aliphatic heterocycles. The van der Waals surface area contributed by atoms with E-state index in [0.717, 1.165) is 71.0 Å². The fourth-order valence-electron chi connectivity index (χ4n) is 13.9. The highest BCUT2D eigenvalue weighted by atomic mass is 14.2. The SMILES string of the molecule is CC.CC.CC(C)CCCC(C)CCCC(C)CC(C)c1ccccc1.CC(C)CCCC(C)CCCC(C)CC(C)c1ccccc1.CC(C)CCCC(C)CCCC(C)CCC(C)c1ccccc1.CC(C)CCCC(C)CCCC(C)CCC(C)c1ccccc1. The highest BCUT2D eigenvalue weighted by molar-refractivity contribution is 5.21. The van der Waals surface area contributed by atoms with Crippen LogP contribution in [-0.2, 0) is 0 Å². The van der Waals surface area contributed by atoms with Crippen LogP contribution < -0.4 is 0 Å². The van der Waals surface area contributed by atoms with Crippen molar-refractivity contribution in [2.24, 2.45) is 71.0 Å². The maximum absolute atomic E-state index is 2.45. The first-order valence-electron chi connectivity index (χ1n) is 41.1. The average molecular weight is 1300 g/mol. The Morgan fingerprint density at radius 1 is 0.170 bits per heavy atom. The van der Waals surface area contributed by atoms with Crippen LogP contribution in [0.4, 0.5) is 0 Å². The van der Waals surface area contributed by atoms with E-state index in [2.05, 4.69) is 260 Å². The maximum atomic E-state index is 2.45. The standard InChI is InChI=1S/2C23H40.2C22H38.2C2H6/c2*1-19(2)11-9-12-20(3)13-10-14-21(4)17-18-22(5)23-15-7-6-8-16-23;2*1-18(2)11-9-12-19(3)13-10-14-20(4)17-21(5)22-15-7-6-8-16-22;2*1-2/h2*6-8,15-16,19-22H,9-14,17-18H2,1-5H3;2*6-8,15-16,18-21H,9-14,17H2,1-5H3;2*1-2H3. The summed E-state index contributed by atoms with van der Waals surface area (Å²) in [6, 6.07) is 43.9. The summed E-state index contributed by atoms with van der Waals surface area (Å²) in [4.78, 5) is 0. The van der Waals surface area contributed by atoms with Gasteiger partial charge < -0.3 is 0 Å². The van der Waals surface area contributed by atoms with Gasteiger partial charge in [-0.1, -0.05) is 454 Å². The summed E-state index contributed by atoms with van der Waals surface area (Å²) in [5, 5.41) is 0. The van der Waals surface area contributed by atoms with Crippen molar-refractivity contribution in [1.29, 1.82) is 0 Å². The minimum Gasteiger partial charge on any atom is -0.0683 e. The summed E-state index contributed by atoms with van der Waals surface area (Å²) >= 11 is 0. The van der Waals surface area contributed by atoms with Gasteiger partial charge >= 0.3 is 0 Å². The van der Waals surface area contributed by atoms with Crippen molar-refractivity contribution in [2.75, 3.05) is 0 Å². The van der Waals surface area contributed by atoms with Gasteiger partial charge in [0.15, 0.2) is 0 Å². The van der Waals surface area contributed by atoms with E-state index < -0.39 is 0 Å². The molecule has 12 atom stereocenters. The summed E-state index contributed by atoms with van der Waals surface area (Å²) < 4.78 is 0. The first-order valence-corrected chi connectivity index (χ1v) is 41.1. The predicted octanol–water partition coefficient (Wildman–Crippen LogP) is 32.6. The molecule has 4 aromatic carbocycles. The summed E-state index contributed by atoms with van der Waals surface area (Å²) in [6.07, 6.45) is 42.0. The van der Waals surface area contributed by atoms with Gasteiger partial charge in [-0.25, -0.2) is 0 Å². The largest absolute Gasteiger partial charge is 0.0683 e. The molecule has 0 heteroatoms. The van der Waals surface area contributed by atoms with E-state index in [1.165, 1.54) is 215 Å². The third-order valence-corrected chi connectivity index (χ3v) is 20.7. The zero-order valence-electron chi connectivity index (χ0n) is 68.0. The maximum Gasteiger partial charge on any atom is -0.0188 e. The Hall–Kier alpha value is -3.12. The molecule has 544 valence electrons. The third-order valence-electron chi connectivity index (χ3n) is 20.7. The fraction of sp³-hybridized carbons (Fsp3) is 0.745. The molecular formula is C94H168. The van der Waals surface area contributed by atoms with E-state index in [1.807, 2.05) is 27.7 Å². The summed E-state index contributed by atoms with van der Waals surface area (Å²) in [5.41, 5.74) is 5.99. The van der Waals surface area contributed by atoms with Crippen LogP contribution in [0.1, 0.15) is 405 Å². The van der Waals surface area contributed by atoms with Crippen LogP contribution in [0.5, 0.6) is 0 Å².